The van der Waals surface area contributed by atoms with E-state index in [0.717, 1.165) is 24.4 Å². The molecule has 7 nitrogen and oxygen atoms in total. The van der Waals surface area contributed by atoms with Crippen LogP contribution in [0.15, 0.2) is 16.5 Å². The van der Waals surface area contributed by atoms with Crippen LogP contribution in [0.3, 0.4) is 0 Å². The second kappa shape index (κ2) is 8.19. The number of carbonyl (C=O) groups excluding carboxylic acids is 2. The van der Waals surface area contributed by atoms with Crippen LogP contribution < -0.4 is 5.32 Å². The maximum atomic E-state index is 12.4. The molecule has 1 saturated heterocycles. The maximum Gasteiger partial charge on any atom is 0.336 e. The topological polar surface area (TPSA) is 81.0 Å². The number of furan rings is 1. The van der Waals surface area contributed by atoms with Gasteiger partial charge in [0, 0.05) is 19.0 Å². The van der Waals surface area contributed by atoms with Gasteiger partial charge in [-0.1, -0.05) is 0 Å². The highest BCUT2D eigenvalue weighted by Gasteiger charge is 2.33. The zero-order valence-electron chi connectivity index (χ0n) is 14.7. The Hall–Kier alpha value is -2.02. The monoisotopic (exact) mass is 338 g/mol. The summed E-state index contributed by atoms with van der Waals surface area (Å²) in [5.74, 6) is 1.35. The molecule has 1 aromatic rings. The summed E-state index contributed by atoms with van der Waals surface area (Å²) in [6, 6.07) is 3.69. The fourth-order valence-corrected chi connectivity index (χ4v) is 2.73. The van der Waals surface area contributed by atoms with Gasteiger partial charge in [-0.2, -0.15) is 0 Å². The van der Waals surface area contributed by atoms with Crippen molar-refractivity contribution < 1.29 is 23.5 Å². The lowest BCUT2D eigenvalue weighted by molar-refractivity contribution is -0.164. The molecule has 134 valence electrons. The summed E-state index contributed by atoms with van der Waals surface area (Å²) in [5, 5.41) is 2.96. The number of methoxy groups -OCH3 is 1. The number of nitrogens with zero attached hydrogens (tertiary/aromatic N) is 1. The molecule has 1 aliphatic rings. The number of morpholine rings is 1. The second-order valence-corrected chi connectivity index (χ2v) is 6.27. The van der Waals surface area contributed by atoms with Crippen molar-refractivity contribution in [3.05, 3.63) is 23.7 Å². The van der Waals surface area contributed by atoms with Crippen molar-refractivity contribution >= 4 is 12.0 Å². The molecule has 0 unspecified atom stereocenters. The summed E-state index contributed by atoms with van der Waals surface area (Å²) < 4.78 is 15.8. The average molecular weight is 338 g/mol. The molecule has 0 aromatic carbocycles. The van der Waals surface area contributed by atoms with Gasteiger partial charge in [-0.15, -0.1) is 0 Å². The van der Waals surface area contributed by atoms with E-state index in [4.69, 9.17) is 13.9 Å². The third-order valence-corrected chi connectivity index (χ3v) is 4.00. The number of hydrogen-bond donors (Lipinski definition) is 1. The van der Waals surface area contributed by atoms with Gasteiger partial charge in [-0.05, 0) is 39.3 Å². The fraction of sp³-hybridized carbons (Fsp3) is 0.647. The minimum atomic E-state index is -0.731. The minimum absolute atomic E-state index is 0.00219. The van der Waals surface area contributed by atoms with Crippen LogP contribution >= 0.6 is 0 Å². The maximum absolute atomic E-state index is 12.4. The Labute approximate surface area is 142 Å². The number of rotatable bonds is 5. The first-order chi connectivity index (χ1) is 11.4. The van der Waals surface area contributed by atoms with E-state index in [1.807, 2.05) is 32.9 Å². The summed E-state index contributed by atoms with van der Waals surface area (Å²) in [6.07, 6.45) is 0.597. The smallest absolute Gasteiger partial charge is 0.336 e. The number of esters is 1. The van der Waals surface area contributed by atoms with E-state index in [9.17, 15) is 9.59 Å². The molecule has 0 radical (unpaired) electrons. The van der Waals surface area contributed by atoms with Gasteiger partial charge in [0.05, 0.1) is 19.8 Å². The molecule has 1 aliphatic heterocycles. The van der Waals surface area contributed by atoms with Crippen LogP contribution in [0.5, 0.6) is 0 Å². The van der Waals surface area contributed by atoms with E-state index in [1.54, 1.807) is 4.90 Å². The van der Waals surface area contributed by atoms with E-state index in [1.165, 1.54) is 7.11 Å². The van der Waals surface area contributed by atoms with E-state index in [0.29, 0.717) is 6.54 Å². The lowest BCUT2D eigenvalue weighted by Gasteiger charge is -2.36. The Kier molecular flexibility index (Phi) is 6.25. The van der Waals surface area contributed by atoms with Crippen molar-refractivity contribution in [2.75, 3.05) is 20.2 Å². The zero-order valence-corrected chi connectivity index (χ0v) is 14.7. The number of amides is 2. The predicted octanol–water partition coefficient (Wildman–Crippen LogP) is 1.88. The Morgan fingerprint density at radius 3 is 2.79 bits per heavy atom. The Morgan fingerprint density at radius 1 is 1.42 bits per heavy atom. The Morgan fingerprint density at radius 2 is 2.17 bits per heavy atom. The fourth-order valence-electron chi connectivity index (χ4n) is 2.73. The third-order valence-electron chi connectivity index (χ3n) is 4.00. The van der Waals surface area contributed by atoms with Gasteiger partial charge < -0.3 is 24.1 Å². The van der Waals surface area contributed by atoms with Crippen molar-refractivity contribution in [2.24, 2.45) is 0 Å². The molecule has 1 N–H and O–H groups in total. The molecule has 0 aliphatic carbocycles. The van der Waals surface area contributed by atoms with E-state index in [-0.39, 0.29) is 24.7 Å². The first kappa shape index (κ1) is 18.3. The highest BCUT2D eigenvalue weighted by molar-refractivity contribution is 5.78. The lowest BCUT2D eigenvalue weighted by Crippen LogP contribution is -2.55. The van der Waals surface area contributed by atoms with E-state index >= 15 is 0 Å². The molecule has 3 atom stereocenters. The summed E-state index contributed by atoms with van der Waals surface area (Å²) in [6.45, 7) is 6.34. The lowest BCUT2D eigenvalue weighted by atomic mass is 10.1. The molecule has 1 aromatic heterocycles. The van der Waals surface area contributed by atoms with Gasteiger partial charge in [0.15, 0.2) is 6.10 Å². The normalized spacial score (nSPS) is 22.1. The first-order valence-electron chi connectivity index (χ1n) is 8.23. The molecular formula is C17H26N2O5. The van der Waals surface area contributed by atoms with Crippen LogP contribution in [0, 0.1) is 6.92 Å². The molecule has 2 rings (SSSR count). The molecule has 7 heteroatoms. The van der Waals surface area contributed by atoms with Crippen molar-refractivity contribution in [3.63, 3.8) is 0 Å². The number of hydrogen-bond acceptors (Lipinski definition) is 5. The summed E-state index contributed by atoms with van der Waals surface area (Å²) in [5.41, 5.74) is 0. The standard InChI is InChI=1S/C17H26N2O5/c1-11(5-7-14-8-6-12(2)23-14)18-17(21)19-9-13(3)24-15(10-19)16(20)22-4/h6,8,11,13,15H,5,7,9-10H2,1-4H3,(H,18,21)/t11-,13-,15-/m1/s1. The number of urea groups is 1. The van der Waals surface area contributed by atoms with Gasteiger partial charge in [-0.3, -0.25) is 0 Å². The van der Waals surface area contributed by atoms with Crippen LogP contribution in [0.25, 0.3) is 0 Å². The highest BCUT2D eigenvalue weighted by Crippen LogP contribution is 2.14. The van der Waals surface area contributed by atoms with Crippen LogP contribution in [-0.2, 0) is 20.7 Å². The van der Waals surface area contributed by atoms with Gasteiger partial charge in [0.25, 0.3) is 0 Å². The number of carbonyl (C=O) groups is 2. The molecule has 24 heavy (non-hydrogen) atoms. The molecule has 0 saturated carbocycles. The second-order valence-electron chi connectivity index (χ2n) is 6.27. The van der Waals surface area contributed by atoms with E-state index < -0.39 is 12.1 Å². The van der Waals surface area contributed by atoms with Gasteiger partial charge in [0.2, 0.25) is 0 Å². The van der Waals surface area contributed by atoms with Crippen molar-refractivity contribution in [3.8, 4) is 0 Å². The van der Waals surface area contributed by atoms with Crippen LogP contribution in [0.2, 0.25) is 0 Å². The predicted molar refractivity (Wildman–Crippen MR) is 87.7 cm³/mol. The van der Waals surface area contributed by atoms with Crippen molar-refractivity contribution in [1.29, 1.82) is 0 Å². The molecule has 1 fully saturated rings. The largest absolute Gasteiger partial charge is 0.467 e. The molecule has 2 amide bonds. The highest BCUT2D eigenvalue weighted by atomic mass is 16.6. The molecule has 2 heterocycles. The average Bonchev–Trinajstić information content (AvgIpc) is 2.97. The Bertz CT molecular complexity index is 571. The van der Waals surface area contributed by atoms with Crippen molar-refractivity contribution in [1.82, 2.24) is 10.2 Å². The number of aryl methyl sites for hydroxylation is 2. The summed E-state index contributed by atoms with van der Waals surface area (Å²) in [4.78, 5) is 25.7. The van der Waals surface area contributed by atoms with Crippen molar-refractivity contribution in [2.45, 2.75) is 51.9 Å². The van der Waals surface area contributed by atoms with Gasteiger partial charge in [-0.25, -0.2) is 9.59 Å². The van der Waals surface area contributed by atoms with Crippen LogP contribution in [0.1, 0.15) is 31.8 Å². The summed E-state index contributed by atoms with van der Waals surface area (Å²) in [7, 11) is 1.31. The Balaban J connectivity index is 1.82. The third kappa shape index (κ3) is 4.99. The first-order valence-corrected chi connectivity index (χ1v) is 8.23. The van der Waals surface area contributed by atoms with E-state index in [2.05, 4.69) is 5.32 Å². The SMILES string of the molecule is COC(=O)[C@H]1CN(C(=O)N[C@H](C)CCc2ccc(C)o2)C[C@@H](C)O1. The zero-order chi connectivity index (χ0) is 17.7. The van der Waals surface area contributed by atoms with Gasteiger partial charge >= 0.3 is 12.0 Å². The molecule has 0 spiro atoms. The van der Waals surface area contributed by atoms with Crippen LogP contribution in [-0.4, -0.2) is 55.3 Å². The molecular weight excluding hydrogens is 312 g/mol. The number of ether oxygens (including phenoxy) is 2. The summed E-state index contributed by atoms with van der Waals surface area (Å²) >= 11 is 0. The van der Waals surface area contributed by atoms with Gasteiger partial charge in [0.1, 0.15) is 11.5 Å². The minimum Gasteiger partial charge on any atom is -0.467 e. The number of nitrogens with one attached hydrogen (secondary N) is 1. The quantitative estimate of drug-likeness (QED) is 0.829. The molecule has 0 bridgehead atoms. The van der Waals surface area contributed by atoms with Crippen LogP contribution in [0.4, 0.5) is 4.79 Å².